The molecule has 0 spiro atoms. The summed E-state index contributed by atoms with van der Waals surface area (Å²) in [5.74, 6) is 0.615. The third-order valence-electron chi connectivity index (χ3n) is 5.89. The molecular weight excluding hydrogens is 292 g/mol. The topological polar surface area (TPSA) is 35.8 Å². The third kappa shape index (κ3) is 2.74. The number of piperidine rings is 1. The fourth-order valence-electron chi connectivity index (χ4n) is 4.80. The van der Waals surface area contributed by atoms with Crippen LogP contribution in [0.5, 0.6) is 0 Å². The average Bonchev–Trinajstić information content (AvgIpc) is 2.99. The molecule has 0 aliphatic carbocycles. The highest BCUT2D eigenvalue weighted by molar-refractivity contribution is 5.45. The maximum atomic E-state index is 10.3. The molecule has 3 atom stereocenters. The molecule has 2 aromatic rings. The van der Waals surface area contributed by atoms with Crippen molar-refractivity contribution in [3.63, 3.8) is 0 Å². The van der Waals surface area contributed by atoms with Gasteiger partial charge in [-0.3, -0.25) is 0 Å². The number of nitriles is 1. The van der Waals surface area contributed by atoms with Crippen molar-refractivity contribution in [2.24, 2.45) is 5.92 Å². The minimum Gasteiger partial charge on any atom is -0.311 e. The van der Waals surface area contributed by atoms with Crippen LogP contribution in [0.25, 0.3) is 0 Å². The number of nitrogens with one attached hydrogen (secondary N) is 1. The highest BCUT2D eigenvalue weighted by atomic mass is 15.0. The van der Waals surface area contributed by atoms with Crippen LogP contribution in [0, 0.1) is 17.2 Å². The van der Waals surface area contributed by atoms with Crippen LogP contribution in [0.1, 0.15) is 43.2 Å². The first-order valence-corrected chi connectivity index (χ1v) is 9.08. The molecule has 2 nitrogen and oxygen atoms in total. The lowest BCUT2D eigenvalue weighted by atomic mass is 9.68. The maximum Gasteiger partial charge on any atom is 0.107 e. The second-order valence-electron chi connectivity index (χ2n) is 7.43. The minimum atomic E-state index is -0.538. The van der Waals surface area contributed by atoms with Gasteiger partial charge in [0.25, 0.3) is 0 Å². The molecule has 4 rings (SSSR count). The first kappa shape index (κ1) is 15.4. The Kier molecular flexibility index (Phi) is 4.12. The maximum absolute atomic E-state index is 10.3. The first-order valence-electron chi connectivity index (χ1n) is 9.08. The summed E-state index contributed by atoms with van der Waals surface area (Å²) in [5.41, 5.74) is 1.72. The SMILES string of the molecule is N#CC(C[C@H]1C[C@H]2CC[C@@H](C1)N2)(c1ccccc1)c1ccccc1. The Labute approximate surface area is 144 Å². The van der Waals surface area contributed by atoms with Crippen molar-refractivity contribution >= 4 is 0 Å². The predicted octanol–water partition coefficient (Wildman–Crippen LogP) is 4.42. The molecule has 2 fully saturated rings. The quantitative estimate of drug-likeness (QED) is 0.906. The van der Waals surface area contributed by atoms with Crippen LogP contribution < -0.4 is 5.32 Å². The Hall–Kier alpha value is -2.11. The van der Waals surface area contributed by atoms with Gasteiger partial charge in [-0.1, -0.05) is 60.7 Å². The normalized spacial score (nSPS) is 26.0. The lowest BCUT2D eigenvalue weighted by Crippen LogP contribution is -2.40. The predicted molar refractivity (Wildman–Crippen MR) is 96.6 cm³/mol. The Balaban J connectivity index is 1.72. The number of fused-ring (bicyclic) bond motifs is 2. The molecule has 0 saturated carbocycles. The number of nitrogens with zero attached hydrogens (tertiary/aromatic N) is 1. The summed E-state index contributed by atoms with van der Waals surface area (Å²) in [4.78, 5) is 0. The Morgan fingerprint density at radius 3 is 1.83 bits per heavy atom. The molecule has 2 aliphatic rings. The van der Waals surface area contributed by atoms with Crippen molar-refractivity contribution in [2.75, 3.05) is 0 Å². The summed E-state index contributed by atoms with van der Waals surface area (Å²) >= 11 is 0. The van der Waals surface area contributed by atoms with Crippen molar-refractivity contribution in [3.05, 3.63) is 71.8 Å². The Bertz CT molecular complexity index is 665. The molecule has 24 heavy (non-hydrogen) atoms. The highest BCUT2D eigenvalue weighted by Crippen LogP contribution is 2.43. The smallest absolute Gasteiger partial charge is 0.107 e. The third-order valence-corrected chi connectivity index (χ3v) is 5.89. The number of hydrogen-bond donors (Lipinski definition) is 1. The summed E-state index contributed by atoms with van der Waals surface area (Å²) in [5, 5.41) is 14.0. The Morgan fingerprint density at radius 2 is 1.38 bits per heavy atom. The molecule has 1 N–H and O–H groups in total. The number of rotatable bonds is 4. The molecule has 122 valence electrons. The monoisotopic (exact) mass is 316 g/mol. The van der Waals surface area contributed by atoms with Crippen LogP contribution in [0.2, 0.25) is 0 Å². The number of benzene rings is 2. The highest BCUT2D eigenvalue weighted by Gasteiger charge is 2.41. The summed E-state index contributed by atoms with van der Waals surface area (Å²) < 4.78 is 0. The average molecular weight is 316 g/mol. The molecule has 2 aromatic carbocycles. The standard InChI is InChI=1S/C22H24N2/c23-16-22(18-7-3-1-4-8-18,19-9-5-2-6-10-19)15-17-13-20-11-12-21(14-17)24-20/h1-10,17,20-21,24H,11-15H2/t17-,20+,21-. The fourth-order valence-corrected chi connectivity index (χ4v) is 4.80. The number of hydrogen-bond acceptors (Lipinski definition) is 2. The lowest BCUT2D eigenvalue weighted by Gasteiger charge is -2.36. The fraction of sp³-hybridized carbons (Fsp3) is 0.409. The van der Waals surface area contributed by atoms with Crippen molar-refractivity contribution in [2.45, 2.75) is 49.6 Å². The Morgan fingerprint density at radius 1 is 0.875 bits per heavy atom. The lowest BCUT2D eigenvalue weighted by molar-refractivity contribution is 0.264. The van der Waals surface area contributed by atoms with Gasteiger partial charge >= 0.3 is 0 Å². The molecule has 0 amide bonds. The van der Waals surface area contributed by atoms with Gasteiger partial charge in [0.05, 0.1) is 6.07 Å². The van der Waals surface area contributed by atoms with E-state index in [-0.39, 0.29) is 0 Å². The van der Waals surface area contributed by atoms with E-state index >= 15 is 0 Å². The van der Waals surface area contributed by atoms with E-state index in [1.54, 1.807) is 0 Å². The second-order valence-corrected chi connectivity index (χ2v) is 7.43. The van der Waals surface area contributed by atoms with Crippen LogP contribution in [0.15, 0.2) is 60.7 Å². The van der Waals surface area contributed by atoms with Crippen molar-refractivity contribution in [1.29, 1.82) is 5.26 Å². The minimum absolute atomic E-state index is 0.538. The summed E-state index contributed by atoms with van der Waals surface area (Å²) in [6.45, 7) is 0. The van der Waals surface area contributed by atoms with Crippen LogP contribution in [-0.4, -0.2) is 12.1 Å². The van der Waals surface area contributed by atoms with Crippen LogP contribution in [-0.2, 0) is 5.41 Å². The molecule has 2 heteroatoms. The van der Waals surface area contributed by atoms with Gasteiger partial charge < -0.3 is 5.32 Å². The largest absolute Gasteiger partial charge is 0.311 e. The van der Waals surface area contributed by atoms with E-state index in [1.165, 1.54) is 25.7 Å². The molecular formula is C22H24N2. The molecule has 0 radical (unpaired) electrons. The van der Waals surface area contributed by atoms with Crippen LogP contribution in [0.4, 0.5) is 0 Å². The van der Waals surface area contributed by atoms with Crippen molar-refractivity contribution < 1.29 is 0 Å². The van der Waals surface area contributed by atoms with Gasteiger partial charge in [0.1, 0.15) is 5.41 Å². The van der Waals surface area contributed by atoms with E-state index in [0.29, 0.717) is 18.0 Å². The van der Waals surface area contributed by atoms with Gasteiger partial charge in [-0.05, 0) is 49.1 Å². The van der Waals surface area contributed by atoms with Crippen molar-refractivity contribution in [1.82, 2.24) is 5.32 Å². The molecule has 2 heterocycles. The summed E-state index contributed by atoms with van der Waals surface area (Å²) in [7, 11) is 0. The van der Waals surface area contributed by atoms with Gasteiger partial charge in [0.2, 0.25) is 0 Å². The van der Waals surface area contributed by atoms with E-state index in [4.69, 9.17) is 0 Å². The van der Waals surface area contributed by atoms with Crippen LogP contribution in [0.3, 0.4) is 0 Å². The van der Waals surface area contributed by atoms with E-state index in [2.05, 4.69) is 59.9 Å². The summed E-state index contributed by atoms with van der Waals surface area (Å²) in [6, 6.07) is 24.8. The molecule has 2 bridgehead atoms. The van der Waals surface area contributed by atoms with E-state index < -0.39 is 5.41 Å². The van der Waals surface area contributed by atoms with Gasteiger partial charge in [-0.15, -0.1) is 0 Å². The molecule has 2 aliphatic heterocycles. The molecule has 0 unspecified atom stereocenters. The van der Waals surface area contributed by atoms with Gasteiger partial charge in [-0.25, -0.2) is 0 Å². The van der Waals surface area contributed by atoms with E-state index in [0.717, 1.165) is 17.5 Å². The zero-order valence-electron chi connectivity index (χ0n) is 14.0. The van der Waals surface area contributed by atoms with Crippen LogP contribution >= 0.6 is 0 Å². The summed E-state index contributed by atoms with van der Waals surface area (Å²) in [6.07, 6.45) is 5.94. The second kappa shape index (κ2) is 6.42. The van der Waals surface area contributed by atoms with Gasteiger partial charge in [0, 0.05) is 12.1 Å². The van der Waals surface area contributed by atoms with Gasteiger partial charge in [-0.2, -0.15) is 5.26 Å². The zero-order valence-corrected chi connectivity index (χ0v) is 14.0. The van der Waals surface area contributed by atoms with E-state index in [9.17, 15) is 5.26 Å². The molecule has 0 aromatic heterocycles. The van der Waals surface area contributed by atoms with E-state index in [1.807, 2.05) is 12.1 Å². The van der Waals surface area contributed by atoms with Gasteiger partial charge in [0.15, 0.2) is 0 Å². The van der Waals surface area contributed by atoms with Crippen molar-refractivity contribution in [3.8, 4) is 6.07 Å². The first-order chi connectivity index (χ1) is 11.8. The zero-order chi connectivity index (χ0) is 16.4. The molecule has 2 saturated heterocycles.